The molecule has 1 unspecified atom stereocenters. The van der Waals surface area contributed by atoms with Crippen molar-refractivity contribution in [3.63, 3.8) is 0 Å². The van der Waals surface area contributed by atoms with Crippen LogP contribution in [0.25, 0.3) is 0 Å². The van der Waals surface area contributed by atoms with E-state index in [-0.39, 0.29) is 17.7 Å². The standard InChI is InChI=1S/C11H16O3/c1-8(2)11(6-4-9(3)12)7-5-10(13)14-11/h4,6,8H,5,7H2,1-3H3/b6-4+. The Hall–Kier alpha value is -1.12. The summed E-state index contributed by atoms with van der Waals surface area (Å²) in [6.45, 7) is 5.47. The predicted octanol–water partition coefficient (Wildman–Crippen LogP) is 1.86. The van der Waals surface area contributed by atoms with Gasteiger partial charge in [-0.05, 0) is 25.0 Å². The molecule has 0 aromatic carbocycles. The van der Waals surface area contributed by atoms with Crippen LogP contribution < -0.4 is 0 Å². The van der Waals surface area contributed by atoms with Crippen molar-refractivity contribution in [1.29, 1.82) is 0 Å². The molecular weight excluding hydrogens is 180 g/mol. The van der Waals surface area contributed by atoms with Crippen molar-refractivity contribution in [1.82, 2.24) is 0 Å². The first-order valence-electron chi connectivity index (χ1n) is 4.88. The van der Waals surface area contributed by atoms with Gasteiger partial charge in [0.2, 0.25) is 0 Å². The number of esters is 1. The summed E-state index contributed by atoms with van der Waals surface area (Å²) in [6, 6.07) is 0. The number of ether oxygens (including phenoxy) is 1. The van der Waals surface area contributed by atoms with E-state index in [9.17, 15) is 9.59 Å². The van der Waals surface area contributed by atoms with E-state index in [2.05, 4.69) is 0 Å². The van der Waals surface area contributed by atoms with Gasteiger partial charge in [0.1, 0.15) is 5.60 Å². The van der Waals surface area contributed by atoms with Crippen LogP contribution in [0.15, 0.2) is 12.2 Å². The minimum absolute atomic E-state index is 0.0204. The normalized spacial score (nSPS) is 27.3. The molecule has 0 amide bonds. The third-order valence-corrected chi connectivity index (χ3v) is 2.60. The Bertz CT molecular complexity index is 278. The average molecular weight is 196 g/mol. The fourth-order valence-corrected chi connectivity index (χ4v) is 1.59. The molecule has 0 N–H and O–H groups in total. The molecule has 1 aliphatic heterocycles. The summed E-state index contributed by atoms with van der Waals surface area (Å²) in [5.74, 6) is 0.00410. The zero-order valence-electron chi connectivity index (χ0n) is 8.87. The van der Waals surface area contributed by atoms with Gasteiger partial charge in [0.25, 0.3) is 0 Å². The lowest BCUT2D eigenvalue weighted by atomic mass is 9.87. The highest BCUT2D eigenvalue weighted by Gasteiger charge is 2.40. The van der Waals surface area contributed by atoms with Gasteiger partial charge < -0.3 is 4.74 Å². The van der Waals surface area contributed by atoms with Crippen molar-refractivity contribution in [3.8, 4) is 0 Å². The summed E-state index contributed by atoms with van der Waals surface area (Å²) in [6.07, 6.45) is 4.33. The maximum absolute atomic E-state index is 11.1. The van der Waals surface area contributed by atoms with Crippen LogP contribution in [0, 0.1) is 5.92 Å². The Labute approximate surface area is 84.1 Å². The Balaban J connectivity index is 2.84. The summed E-state index contributed by atoms with van der Waals surface area (Å²) in [7, 11) is 0. The van der Waals surface area contributed by atoms with Gasteiger partial charge in [-0.1, -0.05) is 13.8 Å². The van der Waals surface area contributed by atoms with Crippen LogP contribution in [0.3, 0.4) is 0 Å². The Morgan fingerprint density at radius 1 is 1.57 bits per heavy atom. The van der Waals surface area contributed by atoms with Crippen molar-refractivity contribution in [2.75, 3.05) is 0 Å². The number of rotatable bonds is 3. The maximum Gasteiger partial charge on any atom is 0.306 e. The first kappa shape index (κ1) is 11.0. The van der Waals surface area contributed by atoms with Crippen LogP contribution in [0.1, 0.15) is 33.6 Å². The van der Waals surface area contributed by atoms with Crippen molar-refractivity contribution in [3.05, 3.63) is 12.2 Å². The molecule has 1 saturated heterocycles. The Morgan fingerprint density at radius 3 is 2.57 bits per heavy atom. The van der Waals surface area contributed by atoms with Gasteiger partial charge in [-0.15, -0.1) is 0 Å². The highest BCUT2D eigenvalue weighted by molar-refractivity contribution is 5.87. The molecule has 1 rings (SSSR count). The third-order valence-electron chi connectivity index (χ3n) is 2.60. The van der Waals surface area contributed by atoms with Crippen LogP contribution in [0.2, 0.25) is 0 Å². The smallest absolute Gasteiger partial charge is 0.306 e. The highest BCUT2D eigenvalue weighted by atomic mass is 16.6. The zero-order chi connectivity index (χ0) is 10.8. The molecule has 0 saturated carbocycles. The molecule has 0 aliphatic carbocycles. The first-order valence-corrected chi connectivity index (χ1v) is 4.88. The summed E-state index contributed by atoms with van der Waals surface area (Å²) in [5, 5.41) is 0. The molecule has 1 aliphatic rings. The molecule has 14 heavy (non-hydrogen) atoms. The molecular formula is C11H16O3. The number of carbonyl (C=O) groups is 2. The number of hydrogen-bond donors (Lipinski definition) is 0. The lowest BCUT2D eigenvalue weighted by Crippen LogP contribution is -2.32. The topological polar surface area (TPSA) is 43.4 Å². The fourth-order valence-electron chi connectivity index (χ4n) is 1.59. The minimum Gasteiger partial charge on any atom is -0.454 e. The van der Waals surface area contributed by atoms with Crippen LogP contribution in [0.4, 0.5) is 0 Å². The van der Waals surface area contributed by atoms with E-state index in [1.807, 2.05) is 13.8 Å². The summed E-state index contributed by atoms with van der Waals surface area (Å²) in [4.78, 5) is 21.9. The molecule has 1 heterocycles. The van der Waals surface area contributed by atoms with Crippen LogP contribution in [-0.4, -0.2) is 17.4 Å². The minimum atomic E-state index is -0.553. The van der Waals surface area contributed by atoms with E-state index < -0.39 is 5.60 Å². The average Bonchev–Trinajstić information content (AvgIpc) is 2.45. The SMILES string of the molecule is CC(=O)/C=C/C1(C(C)C)CCC(=O)O1. The molecule has 0 aromatic rings. The van der Waals surface area contributed by atoms with Crippen LogP contribution in [0.5, 0.6) is 0 Å². The number of ketones is 1. The zero-order valence-corrected chi connectivity index (χ0v) is 8.87. The lowest BCUT2D eigenvalue weighted by molar-refractivity contribution is -0.147. The number of carbonyl (C=O) groups excluding carboxylic acids is 2. The second-order valence-electron chi connectivity index (χ2n) is 4.03. The predicted molar refractivity (Wildman–Crippen MR) is 52.7 cm³/mol. The number of allylic oxidation sites excluding steroid dienone is 1. The van der Waals surface area contributed by atoms with Gasteiger partial charge >= 0.3 is 5.97 Å². The van der Waals surface area contributed by atoms with Crippen molar-refractivity contribution < 1.29 is 14.3 Å². The van der Waals surface area contributed by atoms with E-state index in [1.165, 1.54) is 13.0 Å². The number of hydrogen-bond acceptors (Lipinski definition) is 3. The summed E-state index contributed by atoms with van der Waals surface area (Å²) >= 11 is 0. The van der Waals surface area contributed by atoms with E-state index in [1.54, 1.807) is 6.08 Å². The van der Waals surface area contributed by atoms with Gasteiger partial charge in [0.15, 0.2) is 5.78 Å². The third kappa shape index (κ3) is 2.22. The van der Waals surface area contributed by atoms with Gasteiger partial charge in [-0.25, -0.2) is 0 Å². The maximum atomic E-state index is 11.1. The Morgan fingerprint density at radius 2 is 2.21 bits per heavy atom. The fraction of sp³-hybridized carbons (Fsp3) is 0.636. The molecule has 0 bridgehead atoms. The quantitative estimate of drug-likeness (QED) is 0.511. The van der Waals surface area contributed by atoms with Gasteiger partial charge in [-0.3, -0.25) is 9.59 Å². The number of cyclic esters (lactones) is 1. The highest BCUT2D eigenvalue weighted by Crippen LogP contribution is 2.34. The van der Waals surface area contributed by atoms with Gasteiger partial charge in [0.05, 0.1) is 0 Å². The lowest BCUT2D eigenvalue weighted by Gasteiger charge is -2.28. The van der Waals surface area contributed by atoms with Crippen LogP contribution in [-0.2, 0) is 14.3 Å². The van der Waals surface area contributed by atoms with E-state index in [4.69, 9.17) is 4.74 Å². The van der Waals surface area contributed by atoms with Crippen molar-refractivity contribution in [2.24, 2.45) is 5.92 Å². The van der Waals surface area contributed by atoms with Crippen LogP contribution >= 0.6 is 0 Å². The van der Waals surface area contributed by atoms with Gasteiger partial charge in [0, 0.05) is 12.8 Å². The molecule has 1 atom stereocenters. The molecule has 0 radical (unpaired) electrons. The van der Waals surface area contributed by atoms with E-state index in [0.29, 0.717) is 12.8 Å². The van der Waals surface area contributed by atoms with E-state index in [0.717, 1.165) is 0 Å². The van der Waals surface area contributed by atoms with Crippen molar-refractivity contribution >= 4 is 11.8 Å². The summed E-state index contributed by atoms with van der Waals surface area (Å²) in [5.41, 5.74) is -0.553. The summed E-state index contributed by atoms with van der Waals surface area (Å²) < 4.78 is 5.28. The van der Waals surface area contributed by atoms with Crippen molar-refractivity contribution in [2.45, 2.75) is 39.2 Å². The Kier molecular flexibility index (Phi) is 3.09. The largest absolute Gasteiger partial charge is 0.454 e. The second kappa shape index (κ2) is 3.95. The van der Waals surface area contributed by atoms with Gasteiger partial charge in [-0.2, -0.15) is 0 Å². The molecule has 0 aromatic heterocycles. The first-order chi connectivity index (χ1) is 6.46. The monoisotopic (exact) mass is 196 g/mol. The molecule has 3 heteroatoms. The van der Waals surface area contributed by atoms with E-state index >= 15 is 0 Å². The molecule has 0 spiro atoms. The second-order valence-corrected chi connectivity index (χ2v) is 4.03. The molecule has 1 fully saturated rings. The molecule has 3 nitrogen and oxygen atoms in total. The molecule has 78 valence electrons.